The SMILES string of the molecule is CCCC(N)C(=O)NC(C)(C)C(C)(C)O. The van der Waals surface area contributed by atoms with Crippen molar-refractivity contribution in [2.75, 3.05) is 0 Å². The van der Waals surface area contributed by atoms with E-state index in [1.807, 2.05) is 6.92 Å². The number of nitrogens with two attached hydrogens (primary N) is 1. The molecule has 0 saturated heterocycles. The van der Waals surface area contributed by atoms with Crippen molar-refractivity contribution in [2.45, 2.75) is 64.6 Å². The van der Waals surface area contributed by atoms with Crippen LogP contribution in [0.5, 0.6) is 0 Å². The van der Waals surface area contributed by atoms with Crippen molar-refractivity contribution < 1.29 is 9.90 Å². The van der Waals surface area contributed by atoms with Crippen LogP contribution in [0.1, 0.15) is 47.5 Å². The van der Waals surface area contributed by atoms with Gasteiger partial charge in [-0.05, 0) is 34.1 Å². The van der Waals surface area contributed by atoms with Crippen LogP contribution in [0.2, 0.25) is 0 Å². The average Bonchev–Trinajstić information content (AvgIpc) is 2.01. The van der Waals surface area contributed by atoms with Crippen LogP contribution in [0.25, 0.3) is 0 Å². The maximum Gasteiger partial charge on any atom is 0.237 e. The third-order valence-electron chi connectivity index (χ3n) is 2.90. The van der Waals surface area contributed by atoms with Crippen molar-refractivity contribution in [1.29, 1.82) is 0 Å². The van der Waals surface area contributed by atoms with Gasteiger partial charge < -0.3 is 16.2 Å². The Morgan fingerprint density at radius 1 is 1.40 bits per heavy atom. The van der Waals surface area contributed by atoms with Crippen LogP contribution >= 0.6 is 0 Å². The van der Waals surface area contributed by atoms with Crippen LogP contribution in [-0.4, -0.2) is 28.2 Å². The third kappa shape index (κ3) is 4.18. The molecule has 0 aromatic heterocycles. The van der Waals surface area contributed by atoms with Crippen molar-refractivity contribution in [3.63, 3.8) is 0 Å². The first kappa shape index (κ1) is 14.4. The Morgan fingerprint density at radius 3 is 2.20 bits per heavy atom. The van der Waals surface area contributed by atoms with Crippen molar-refractivity contribution in [3.8, 4) is 0 Å². The van der Waals surface area contributed by atoms with Crippen molar-refractivity contribution in [1.82, 2.24) is 5.32 Å². The Kier molecular flexibility index (Phi) is 4.74. The second kappa shape index (κ2) is 4.94. The Morgan fingerprint density at radius 2 is 1.87 bits per heavy atom. The minimum Gasteiger partial charge on any atom is -0.388 e. The molecule has 0 aliphatic rings. The largest absolute Gasteiger partial charge is 0.388 e. The minimum absolute atomic E-state index is 0.205. The first-order valence-electron chi connectivity index (χ1n) is 5.42. The highest BCUT2D eigenvalue weighted by Crippen LogP contribution is 2.20. The minimum atomic E-state index is -0.978. The summed E-state index contributed by atoms with van der Waals surface area (Å²) in [5, 5.41) is 12.6. The van der Waals surface area contributed by atoms with Crippen LogP contribution in [0, 0.1) is 0 Å². The van der Waals surface area contributed by atoms with E-state index in [2.05, 4.69) is 5.32 Å². The maximum absolute atomic E-state index is 11.6. The fourth-order valence-electron chi connectivity index (χ4n) is 0.996. The van der Waals surface area contributed by atoms with E-state index < -0.39 is 17.2 Å². The summed E-state index contributed by atoms with van der Waals surface area (Å²) < 4.78 is 0. The summed E-state index contributed by atoms with van der Waals surface area (Å²) in [5.41, 5.74) is 4.02. The normalized spacial score (nSPS) is 14.9. The molecule has 1 unspecified atom stereocenters. The number of hydrogen-bond acceptors (Lipinski definition) is 3. The van der Waals surface area contributed by atoms with Gasteiger partial charge in [-0.15, -0.1) is 0 Å². The first-order chi connectivity index (χ1) is 6.62. The molecule has 15 heavy (non-hydrogen) atoms. The monoisotopic (exact) mass is 216 g/mol. The quantitative estimate of drug-likeness (QED) is 0.635. The summed E-state index contributed by atoms with van der Waals surface area (Å²) in [6.45, 7) is 8.87. The Labute approximate surface area is 92.2 Å². The fraction of sp³-hybridized carbons (Fsp3) is 0.909. The second-order valence-corrected chi connectivity index (χ2v) is 5.07. The molecule has 0 aliphatic carbocycles. The highest BCUT2D eigenvalue weighted by molar-refractivity contribution is 5.82. The van der Waals surface area contributed by atoms with E-state index in [0.29, 0.717) is 6.42 Å². The summed E-state index contributed by atoms with van der Waals surface area (Å²) in [6.07, 6.45) is 1.53. The number of rotatable bonds is 5. The van der Waals surface area contributed by atoms with E-state index in [0.717, 1.165) is 6.42 Å². The van der Waals surface area contributed by atoms with Gasteiger partial charge in [0.25, 0.3) is 0 Å². The van der Waals surface area contributed by atoms with E-state index in [1.165, 1.54) is 0 Å². The van der Waals surface area contributed by atoms with Crippen molar-refractivity contribution >= 4 is 5.91 Å². The van der Waals surface area contributed by atoms with Crippen LogP contribution in [0.3, 0.4) is 0 Å². The molecule has 0 fully saturated rings. The molecular formula is C11H24N2O2. The lowest BCUT2D eigenvalue weighted by Crippen LogP contribution is -2.60. The smallest absolute Gasteiger partial charge is 0.237 e. The van der Waals surface area contributed by atoms with Gasteiger partial charge in [0.15, 0.2) is 0 Å². The molecular weight excluding hydrogens is 192 g/mol. The first-order valence-corrected chi connectivity index (χ1v) is 5.42. The van der Waals surface area contributed by atoms with Crippen LogP contribution in [-0.2, 0) is 4.79 Å². The molecule has 0 aliphatic heterocycles. The summed E-state index contributed by atoms with van der Waals surface area (Å²) in [5.74, 6) is -0.205. The molecule has 4 nitrogen and oxygen atoms in total. The summed E-state index contributed by atoms with van der Waals surface area (Å²) >= 11 is 0. The number of carbonyl (C=O) groups is 1. The fourth-order valence-corrected chi connectivity index (χ4v) is 0.996. The number of carbonyl (C=O) groups excluding carboxylic acids is 1. The van der Waals surface area contributed by atoms with Crippen molar-refractivity contribution in [3.05, 3.63) is 0 Å². The predicted molar refractivity (Wildman–Crippen MR) is 61.4 cm³/mol. The molecule has 0 spiro atoms. The Bertz CT molecular complexity index is 219. The zero-order chi connectivity index (χ0) is 12.3. The summed E-state index contributed by atoms with van der Waals surface area (Å²) in [4.78, 5) is 11.6. The van der Waals surface area contributed by atoms with Crippen LogP contribution < -0.4 is 11.1 Å². The van der Waals surface area contributed by atoms with Crippen LogP contribution in [0.4, 0.5) is 0 Å². The van der Waals surface area contributed by atoms with Gasteiger partial charge in [-0.3, -0.25) is 4.79 Å². The third-order valence-corrected chi connectivity index (χ3v) is 2.90. The van der Waals surface area contributed by atoms with Gasteiger partial charge in [-0.2, -0.15) is 0 Å². The number of aliphatic hydroxyl groups is 1. The number of nitrogens with one attached hydrogen (secondary N) is 1. The molecule has 0 radical (unpaired) electrons. The van der Waals surface area contributed by atoms with Gasteiger partial charge in [0.05, 0.1) is 17.2 Å². The molecule has 4 heteroatoms. The zero-order valence-electron chi connectivity index (χ0n) is 10.4. The lowest BCUT2D eigenvalue weighted by atomic mass is 9.85. The molecule has 1 atom stereocenters. The van der Waals surface area contributed by atoms with E-state index in [9.17, 15) is 9.90 Å². The summed E-state index contributed by atoms with van der Waals surface area (Å²) in [7, 11) is 0. The molecule has 0 rings (SSSR count). The molecule has 0 aromatic carbocycles. The Hall–Kier alpha value is -0.610. The molecule has 0 heterocycles. The van der Waals surface area contributed by atoms with E-state index in [4.69, 9.17) is 5.73 Å². The Balaban J connectivity index is 4.41. The molecule has 1 amide bonds. The van der Waals surface area contributed by atoms with Crippen LogP contribution in [0.15, 0.2) is 0 Å². The van der Waals surface area contributed by atoms with Gasteiger partial charge in [0, 0.05) is 0 Å². The second-order valence-electron chi connectivity index (χ2n) is 5.07. The standard InChI is InChI=1S/C11H24N2O2/c1-6-7-8(12)9(14)13-10(2,3)11(4,5)15/h8,15H,6-7,12H2,1-5H3,(H,13,14). The highest BCUT2D eigenvalue weighted by Gasteiger charge is 2.37. The molecule has 4 N–H and O–H groups in total. The van der Waals surface area contributed by atoms with E-state index >= 15 is 0 Å². The number of amides is 1. The predicted octanol–water partition coefficient (Wildman–Crippen LogP) is 0.779. The van der Waals surface area contributed by atoms with E-state index in [1.54, 1.807) is 27.7 Å². The molecule has 0 saturated carbocycles. The summed E-state index contributed by atoms with van der Waals surface area (Å²) in [6, 6.07) is -0.489. The number of hydrogen-bond donors (Lipinski definition) is 3. The highest BCUT2D eigenvalue weighted by atomic mass is 16.3. The van der Waals surface area contributed by atoms with Gasteiger partial charge in [-0.1, -0.05) is 13.3 Å². The van der Waals surface area contributed by atoms with E-state index in [-0.39, 0.29) is 5.91 Å². The van der Waals surface area contributed by atoms with Gasteiger partial charge in [-0.25, -0.2) is 0 Å². The maximum atomic E-state index is 11.6. The van der Waals surface area contributed by atoms with Gasteiger partial charge in [0.2, 0.25) is 5.91 Å². The topological polar surface area (TPSA) is 75.4 Å². The van der Waals surface area contributed by atoms with Gasteiger partial charge >= 0.3 is 0 Å². The molecule has 90 valence electrons. The lowest BCUT2D eigenvalue weighted by molar-refractivity contribution is -0.127. The lowest BCUT2D eigenvalue weighted by Gasteiger charge is -2.38. The molecule has 0 aromatic rings. The van der Waals surface area contributed by atoms with Crippen molar-refractivity contribution in [2.24, 2.45) is 5.73 Å². The van der Waals surface area contributed by atoms with Gasteiger partial charge in [0.1, 0.15) is 0 Å². The molecule has 0 bridgehead atoms. The zero-order valence-corrected chi connectivity index (χ0v) is 10.4. The average molecular weight is 216 g/mol.